The van der Waals surface area contributed by atoms with Crippen LogP contribution >= 0.6 is 0 Å². The van der Waals surface area contributed by atoms with Crippen molar-refractivity contribution in [2.24, 2.45) is 0 Å². The topological polar surface area (TPSA) is 71.9 Å². The lowest BCUT2D eigenvalue weighted by Crippen LogP contribution is -2.37. The standard InChI is InChI=1S/C15H17N5O/c1-11(21)20-4-2-3-12(9-20)14-7-16-8-15(19-14)13-5-17-10-18-6-13/h5-8,10,12H,2-4,9H2,1H3/t12-/m1/s1. The molecule has 1 saturated heterocycles. The second kappa shape index (κ2) is 5.95. The molecule has 0 aromatic carbocycles. The predicted molar refractivity (Wildman–Crippen MR) is 77.3 cm³/mol. The van der Waals surface area contributed by atoms with Gasteiger partial charge < -0.3 is 4.90 Å². The summed E-state index contributed by atoms with van der Waals surface area (Å²) in [4.78, 5) is 30.4. The third-order valence-electron chi connectivity index (χ3n) is 3.79. The maximum atomic E-state index is 11.5. The molecule has 3 rings (SSSR count). The molecule has 3 heterocycles. The van der Waals surface area contributed by atoms with Crippen LogP contribution in [0.15, 0.2) is 31.1 Å². The molecule has 0 N–H and O–H groups in total. The number of aromatic nitrogens is 4. The molecule has 0 aliphatic carbocycles. The molecular formula is C15H17N5O. The minimum Gasteiger partial charge on any atom is -0.342 e. The number of carbonyl (C=O) groups is 1. The van der Waals surface area contributed by atoms with Crippen molar-refractivity contribution in [3.8, 4) is 11.3 Å². The molecule has 6 nitrogen and oxygen atoms in total. The SMILES string of the molecule is CC(=O)N1CCC[C@@H](c2cncc(-c3cncnc3)n2)C1. The van der Waals surface area contributed by atoms with Crippen LogP contribution in [0.25, 0.3) is 11.3 Å². The Morgan fingerprint density at radius 2 is 2.00 bits per heavy atom. The second-order valence-corrected chi connectivity index (χ2v) is 5.26. The fourth-order valence-electron chi connectivity index (χ4n) is 2.65. The number of hydrogen-bond acceptors (Lipinski definition) is 5. The van der Waals surface area contributed by atoms with Gasteiger partial charge in [-0.2, -0.15) is 0 Å². The van der Waals surface area contributed by atoms with Gasteiger partial charge in [0.15, 0.2) is 0 Å². The smallest absolute Gasteiger partial charge is 0.219 e. The van der Waals surface area contributed by atoms with Gasteiger partial charge in [-0.15, -0.1) is 0 Å². The lowest BCUT2D eigenvalue weighted by Gasteiger charge is -2.31. The van der Waals surface area contributed by atoms with Crippen LogP contribution in [0, 0.1) is 0 Å². The Morgan fingerprint density at radius 1 is 1.19 bits per heavy atom. The van der Waals surface area contributed by atoms with Gasteiger partial charge in [0.2, 0.25) is 5.91 Å². The molecule has 1 fully saturated rings. The number of likely N-dealkylation sites (tertiary alicyclic amines) is 1. The summed E-state index contributed by atoms with van der Waals surface area (Å²) in [5, 5.41) is 0. The van der Waals surface area contributed by atoms with Crippen molar-refractivity contribution in [3.63, 3.8) is 0 Å². The van der Waals surface area contributed by atoms with E-state index in [-0.39, 0.29) is 11.8 Å². The molecule has 1 amide bonds. The predicted octanol–water partition coefficient (Wildman–Crippen LogP) is 1.66. The molecule has 2 aromatic heterocycles. The maximum absolute atomic E-state index is 11.5. The van der Waals surface area contributed by atoms with Crippen LogP contribution in [0.1, 0.15) is 31.4 Å². The summed E-state index contributed by atoms with van der Waals surface area (Å²) in [6.07, 6.45) is 10.5. The molecular weight excluding hydrogens is 266 g/mol. The van der Waals surface area contributed by atoms with E-state index in [1.807, 2.05) is 4.90 Å². The van der Waals surface area contributed by atoms with Crippen molar-refractivity contribution in [2.75, 3.05) is 13.1 Å². The van der Waals surface area contributed by atoms with Crippen molar-refractivity contribution < 1.29 is 4.79 Å². The number of carbonyl (C=O) groups excluding carboxylic acids is 1. The van der Waals surface area contributed by atoms with E-state index in [4.69, 9.17) is 0 Å². The Kier molecular flexibility index (Phi) is 3.85. The molecule has 1 atom stereocenters. The van der Waals surface area contributed by atoms with Gasteiger partial charge in [0.05, 0.1) is 17.6 Å². The number of amides is 1. The van der Waals surface area contributed by atoms with E-state index in [0.717, 1.165) is 42.9 Å². The second-order valence-electron chi connectivity index (χ2n) is 5.26. The van der Waals surface area contributed by atoms with Crippen LogP contribution in [0.2, 0.25) is 0 Å². The molecule has 21 heavy (non-hydrogen) atoms. The number of hydrogen-bond donors (Lipinski definition) is 0. The van der Waals surface area contributed by atoms with E-state index < -0.39 is 0 Å². The summed E-state index contributed by atoms with van der Waals surface area (Å²) in [5.41, 5.74) is 2.56. The Morgan fingerprint density at radius 3 is 2.76 bits per heavy atom. The number of nitrogens with zero attached hydrogens (tertiary/aromatic N) is 5. The van der Waals surface area contributed by atoms with Crippen molar-refractivity contribution in [3.05, 3.63) is 36.8 Å². The van der Waals surface area contributed by atoms with Gasteiger partial charge in [-0.1, -0.05) is 0 Å². The minimum atomic E-state index is 0.125. The van der Waals surface area contributed by atoms with E-state index in [2.05, 4.69) is 19.9 Å². The van der Waals surface area contributed by atoms with Crippen molar-refractivity contribution in [1.29, 1.82) is 0 Å². The van der Waals surface area contributed by atoms with E-state index >= 15 is 0 Å². The van der Waals surface area contributed by atoms with Gasteiger partial charge >= 0.3 is 0 Å². The quantitative estimate of drug-likeness (QED) is 0.838. The summed E-state index contributed by atoms with van der Waals surface area (Å²) in [6, 6.07) is 0. The van der Waals surface area contributed by atoms with Gasteiger partial charge in [0, 0.05) is 50.1 Å². The highest BCUT2D eigenvalue weighted by Gasteiger charge is 2.24. The van der Waals surface area contributed by atoms with E-state index in [0.29, 0.717) is 0 Å². The first-order chi connectivity index (χ1) is 10.2. The monoisotopic (exact) mass is 283 g/mol. The summed E-state index contributed by atoms with van der Waals surface area (Å²) in [6.45, 7) is 3.18. The number of piperidine rings is 1. The zero-order valence-electron chi connectivity index (χ0n) is 11.9. The normalized spacial score (nSPS) is 18.5. The van der Waals surface area contributed by atoms with Crippen molar-refractivity contribution in [2.45, 2.75) is 25.7 Å². The molecule has 1 aliphatic rings. The molecule has 0 spiro atoms. The third-order valence-corrected chi connectivity index (χ3v) is 3.79. The Balaban J connectivity index is 1.84. The summed E-state index contributed by atoms with van der Waals surface area (Å²) < 4.78 is 0. The van der Waals surface area contributed by atoms with E-state index in [9.17, 15) is 4.79 Å². The fourth-order valence-corrected chi connectivity index (χ4v) is 2.65. The highest BCUT2D eigenvalue weighted by atomic mass is 16.2. The first-order valence-electron chi connectivity index (χ1n) is 7.07. The summed E-state index contributed by atoms with van der Waals surface area (Å²) in [5.74, 6) is 0.375. The van der Waals surface area contributed by atoms with Crippen LogP contribution in [0.4, 0.5) is 0 Å². The van der Waals surface area contributed by atoms with Crippen LogP contribution in [0.3, 0.4) is 0 Å². The van der Waals surface area contributed by atoms with Gasteiger partial charge in [-0.3, -0.25) is 9.78 Å². The molecule has 2 aromatic rings. The molecule has 0 unspecified atom stereocenters. The molecule has 0 bridgehead atoms. The van der Waals surface area contributed by atoms with E-state index in [1.165, 1.54) is 6.33 Å². The van der Waals surface area contributed by atoms with Gasteiger partial charge in [0.25, 0.3) is 0 Å². The zero-order valence-corrected chi connectivity index (χ0v) is 11.9. The van der Waals surface area contributed by atoms with Crippen LogP contribution in [0.5, 0.6) is 0 Å². The highest BCUT2D eigenvalue weighted by molar-refractivity contribution is 5.73. The molecule has 1 aliphatic heterocycles. The lowest BCUT2D eigenvalue weighted by atomic mass is 9.95. The zero-order chi connectivity index (χ0) is 14.7. The highest BCUT2D eigenvalue weighted by Crippen LogP contribution is 2.26. The Hall–Kier alpha value is -2.37. The minimum absolute atomic E-state index is 0.125. The molecule has 108 valence electrons. The Labute approximate surface area is 123 Å². The van der Waals surface area contributed by atoms with Crippen molar-refractivity contribution >= 4 is 5.91 Å². The fraction of sp³-hybridized carbons (Fsp3) is 0.400. The summed E-state index contributed by atoms with van der Waals surface area (Å²) in [7, 11) is 0. The van der Waals surface area contributed by atoms with E-state index in [1.54, 1.807) is 31.7 Å². The lowest BCUT2D eigenvalue weighted by molar-refractivity contribution is -0.130. The molecule has 0 radical (unpaired) electrons. The van der Waals surface area contributed by atoms with Gasteiger partial charge in [0.1, 0.15) is 6.33 Å². The largest absolute Gasteiger partial charge is 0.342 e. The van der Waals surface area contributed by atoms with Gasteiger partial charge in [-0.05, 0) is 12.8 Å². The number of rotatable bonds is 2. The average molecular weight is 283 g/mol. The van der Waals surface area contributed by atoms with Gasteiger partial charge in [-0.25, -0.2) is 15.0 Å². The van der Waals surface area contributed by atoms with Crippen LogP contribution in [-0.4, -0.2) is 43.8 Å². The first-order valence-corrected chi connectivity index (χ1v) is 7.07. The molecule has 6 heteroatoms. The molecule has 0 saturated carbocycles. The van der Waals surface area contributed by atoms with Crippen LogP contribution in [-0.2, 0) is 4.79 Å². The third kappa shape index (κ3) is 3.04. The first kappa shape index (κ1) is 13.6. The maximum Gasteiger partial charge on any atom is 0.219 e. The Bertz CT molecular complexity index is 631. The van der Waals surface area contributed by atoms with Crippen LogP contribution < -0.4 is 0 Å². The summed E-state index contributed by atoms with van der Waals surface area (Å²) >= 11 is 0. The average Bonchev–Trinajstić information content (AvgIpc) is 2.56. The van der Waals surface area contributed by atoms with Crippen molar-refractivity contribution in [1.82, 2.24) is 24.8 Å².